The summed E-state index contributed by atoms with van der Waals surface area (Å²) in [4.78, 5) is 0. The van der Waals surface area contributed by atoms with Gasteiger partial charge in [0, 0.05) is 0 Å². The largest absolute Gasteiger partial charge is 0.396 e. The average Bonchev–Trinajstić information content (AvgIpc) is 2.33. The number of hydrogen-bond donors (Lipinski definition) is 2. The molecule has 0 aliphatic carbocycles. The van der Waals surface area contributed by atoms with Crippen molar-refractivity contribution in [2.45, 2.75) is 6.04 Å². The quantitative estimate of drug-likeness (QED) is 0.757. The molecule has 1 atom stereocenters. The fourth-order valence-electron chi connectivity index (χ4n) is 1.61. The molecule has 2 rings (SSSR count). The van der Waals surface area contributed by atoms with Crippen molar-refractivity contribution >= 4 is 5.69 Å². The summed E-state index contributed by atoms with van der Waals surface area (Å²) in [5, 5.41) is 0. The van der Waals surface area contributed by atoms with Gasteiger partial charge >= 0.3 is 0 Å². The lowest BCUT2D eigenvalue weighted by atomic mass is 9.99. The topological polar surface area (TPSA) is 52.0 Å². The molecule has 0 heterocycles. The van der Waals surface area contributed by atoms with E-state index < -0.39 is 5.82 Å². The van der Waals surface area contributed by atoms with Crippen LogP contribution in [-0.2, 0) is 0 Å². The molecule has 2 aromatic carbocycles. The van der Waals surface area contributed by atoms with Crippen molar-refractivity contribution < 1.29 is 4.39 Å². The van der Waals surface area contributed by atoms with Gasteiger partial charge < -0.3 is 11.5 Å². The first-order valence-corrected chi connectivity index (χ1v) is 5.04. The minimum absolute atomic E-state index is 0.129. The van der Waals surface area contributed by atoms with Gasteiger partial charge in [-0.1, -0.05) is 36.4 Å². The van der Waals surface area contributed by atoms with Crippen LogP contribution in [0.4, 0.5) is 10.1 Å². The first-order chi connectivity index (χ1) is 7.68. The monoisotopic (exact) mass is 216 g/mol. The average molecular weight is 216 g/mol. The third-order valence-corrected chi connectivity index (χ3v) is 2.54. The number of hydrogen-bond acceptors (Lipinski definition) is 2. The molecule has 0 amide bonds. The van der Waals surface area contributed by atoms with Gasteiger partial charge in [0.15, 0.2) is 0 Å². The zero-order valence-corrected chi connectivity index (χ0v) is 8.73. The highest BCUT2D eigenvalue weighted by Crippen LogP contribution is 2.22. The summed E-state index contributed by atoms with van der Waals surface area (Å²) in [6.45, 7) is 0. The smallest absolute Gasteiger partial charge is 0.146 e. The molecule has 0 bridgehead atoms. The standard InChI is InChI=1S/C13H13FN2/c14-11-7-6-10(8-12(11)15)13(16)9-4-2-1-3-5-9/h1-8,13H,15-16H2/t13-/m0/s1. The molecule has 2 aromatic rings. The molecule has 0 aliphatic rings. The Morgan fingerprint density at radius 1 is 0.938 bits per heavy atom. The van der Waals surface area contributed by atoms with E-state index in [9.17, 15) is 4.39 Å². The number of halogens is 1. The van der Waals surface area contributed by atoms with Gasteiger partial charge in [0.2, 0.25) is 0 Å². The van der Waals surface area contributed by atoms with Gasteiger partial charge in [-0.2, -0.15) is 0 Å². The molecule has 4 N–H and O–H groups in total. The van der Waals surface area contributed by atoms with Crippen LogP contribution in [0.1, 0.15) is 17.2 Å². The fraction of sp³-hybridized carbons (Fsp3) is 0.0769. The maximum Gasteiger partial charge on any atom is 0.146 e. The van der Waals surface area contributed by atoms with Crippen LogP contribution in [-0.4, -0.2) is 0 Å². The summed E-state index contributed by atoms with van der Waals surface area (Å²) < 4.78 is 13.0. The molecule has 82 valence electrons. The second-order valence-electron chi connectivity index (χ2n) is 3.67. The van der Waals surface area contributed by atoms with Gasteiger partial charge in [0.1, 0.15) is 5.82 Å². The number of rotatable bonds is 2. The van der Waals surface area contributed by atoms with E-state index in [0.717, 1.165) is 11.1 Å². The van der Waals surface area contributed by atoms with Crippen LogP contribution >= 0.6 is 0 Å². The maximum absolute atomic E-state index is 13.0. The van der Waals surface area contributed by atoms with E-state index in [2.05, 4.69) is 0 Å². The van der Waals surface area contributed by atoms with Crippen molar-refractivity contribution in [1.29, 1.82) is 0 Å². The molecular formula is C13H13FN2. The molecule has 0 fully saturated rings. The lowest BCUT2D eigenvalue weighted by Gasteiger charge is -2.13. The van der Waals surface area contributed by atoms with E-state index in [4.69, 9.17) is 11.5 Å². The highest BCUT2D eigenvalue weighted by atomic mass is 19.1. The first-order valence-electron chi connectivity index (χ1n) is 5.04. The maximum atomic E-state index is 13.0. The third-order valence-electron chi connectivity index (χ3n) is 2.54. The molecule has 3 heteroatoms. The van der Waals surface area contributed by atoms with Gasteiger partial charge in [-0.15, -0.1) is 0 Å². The minimum Gasteiger partial charge on any atom is -0.396 e. The number of benzene rings is 2. The second kappa shape index (κ2) is 4.33. The zero-order chi connectivity index (χ0) is 11.5. The fourth-order valence-corrected chi connectivity index (χ4v) is 1.61. The Morgan fingerprint density at radius 2 is 1.62 bits per heavy atom. The predicted octanol–water partition coefficient (Wildman–Crippen LogP) is 2.46. The van der Waals surface area contributed by atoms with Crippen molar-refractivity contribution in [2.24, 2.45) is 5.73 Å². The van der Waals surface area contributed by atoms with Gasteiger partial charge in [-0.3, -0.25) is 0 Å². The van der Waals surface area contributed by atoms with Crippen molar-refractivity contribution in [3.8, 4) is 0 Å². The van der Waals surface area contributed by atoms with Crippen LogP contribution < -0.4 is 11.5 Å². The Hall–Kier alpha value is -1.87. The van der Waals surface area contributed by atoms with E-state index in [1.165, 1.54) is 6.07 Å². The van der Waals surface area contributed by atoms with Crippen LogP contribution in [0.15, 0.2) is 48.5 Å². The Bertz CT molecular complexity index is 483. The van der Waals surface area contributed by atoms with Crippen LogP contribution in [0.25, 0.3) is 0 Å². The molecule has 2 nitrogen and oxygen atoms in total. The Morgan fingerprint density at radius 3 is 2.25 bits per heavy atom. The molecular weight excluding hydrogens is 203 g/mol. The van der Waals surface area contributed by atoms with E-state index in [1.807, 2.05) is 30.3 Å². The van der Waals surface area contributed by atoms with Crippen LogP contribution in [0.5, 0.6) is 0 Å². The lowest BCUT2D eigenvalue weighted by molar-refractivity contribution is 0.631. The zero-order valence-electron chi connectivity index (χ0n) is 8.73. The van der Waals surface area contributed by atoms with Gasteiger partial charge in [0.25, 0.3) is 0 Å². The molecule has 0 saturated carbocycles. The Kier molecular flexibility index (Phi) is 2.88. The van der Waals surface area contributed by atoms with E-state index in [1.54, 1.807) is 12.1 Å². The Labute approximate surface area is 93.7 Å². The summed E-state index contributed by atoms with van der Waals surface area (Å²) in [7, 11) is 0. The number of nitrogen functional groups attached to an aromatic ring is 1. The summed E-state index contributed by atoms with van der Waals surface area (Å²) in [5.41, 5.74) is 13.5. The van der Waals surface area contributed by atoms with Crippen molar-refractivity contribution in [1.82, 2.24) is 0 Å². The highest BCUT2D eigenvalue weighted by molar-refractivity contribution is 5.45. The first kappa shape index (κ1) is 10.6. The Balaban J connectivity index is 2.34. The number of nitrogens with two attached hydrogens (primary N) is 2. The lowest BCUT2D eigenvalue weighted by Crippen LogP contribution is -2.12. The molecule has 0 spiro atoms. The summed E-state index contributed by atoms with van der Waals surface area (Å²) in [6.07, 6.45) is 0. The molecule has 0 aliphatic heterocycles. The predicted molar refractivity (Wildman–Crippen MR) is 63.3 cm³/mol. The van der Waals surface area contributed by atoms with Crippen molar-refractivity contribution in [2.75, 3.05) is 5.73 Å². The third kappa shape index (κ3) is 2.04. The van der Waals surface area contributed by atoms with Crippen molar-refractivity contribution in [3.63, 3.8) is 0 Å². The molecule has 0 radical (unpaired) electrons. The van der Waals surface area contributed by atoms with Crippen LogP contribution in [0, 0.1) is 5.82 Å². The molecule has 0 unspecified atom stereocenters. The highest BCUT2D eigenvalue weighted by Gasteiger charge is 2.09. The molecule has 16 heavy (non-hydrogen) atoms. The van der Waals surface area contributed by atoms with E-state index >= 15 is 0 Å². The normalized spacial score (nSPS) is 12.4. The minimum atomic E-state index is -0.413. The van der Waals surface area contributed by atoms with Gasteiger partial charge in [-0.05, 0) is 23.3 Å². The van der Waals surface area contributed by atoms with Crippen LogP contribution in [0.2, 0.25) is 0 Å². The van der Waals surface area contributed by atoms with Gasteiger partial charge in [-0.25, -0.2) is 4.39 Å². The van der Waals surface area contributed by atoms with E-state index in [0.29, 0.717) is 0 Å². The summed E-state index contributed by atoms with van der Waals surface area (Å²) >= 11 is 0. The van der Waals surface area contributed by atoms with Crippen molar-refractivity contribution in [3.05, 3.63) is 65.5 Å². The summed E-state index contributed by atoms with van der Waals surface area (Å²) in [5.74, 6) is -0.413. The SMILES string of the molecule is Nc1cc([C@@H](N)c2ccccc2)ccc1F. The van der Waals surface area contributed by atoms with Gasteiger partial charge in [0.05, 0.1) is 11.7 Å². The second-order valence-corrected chi connectivity index (χ2v) is 3.67. The van der Waals surface area contributed by atoms with Crippen LogP contribution in [0.3, 0.4) is 0 Å². The summed E-state index contributed by atoms with van der Waals surface area (Å²) in [6, 6.07) is 13.9. The molecule has 0 saturated heterocycles. The van der Waals surface area contributed by atoms with E-state index in [-0.39, 0.29) is 11.7 Å². The number of anilines is 1. The molecule has 0 aromatic heterocycles.